The number of hydrogen-bond acceptors (Lipinski definition) is 4. The Balaban J connectivity index is 1.69. The van der Waals surface area contributed by atoms with Crippen LogP contribution in [-0.4, -0.2) is 39.9 Å². The molecular formula is C19H24N2O3. The van der Waals surface area contributed by atoms with Crippen molar-refractivity contribution in [2.24, 2.45) is 0 Å². The van der Waals surface area contributed by atoms with E-state index in [1.807, 2.05) is 47.3 Å². The van der Waals surface area contributed by atoms with Crippen LogP contribution in [-0.2, 0) is 4.79 Å². The fraction of sp³-hybridized carbons (Fsp3) is 0.421. The molecule has 0 bridgehead atoms. The fourth-order valence-corrected chi connectivity index (χ4v) is 3.19. The molecule has 1 aliphatic heterocycles. The maximum absolute atomic E-state index is 12.3. The first kappa shape index (κ1) is 16.7. The highest BCUT2D eigenvalue weighted by atomic mass is 16.5. The molecule has 128 valence electrons. The summed E-state index contributed by atoms with van der Waals surface area (Å²) >= 11 is 0. The first-order valence-corrected chi connectivity index (χ1v) is 8.54. The zero-order valence-electron chi connectivity index (χ0n) is 13.8. The molecule has 2 aromatic rings. The molecule has 0 radical (unpaired) electrons. The summed E-state index contributed by atoms with van der Waals surface area (Å²) in [4.78, 5) is 14.4. The van der Waals surface area contributed by atoms with Crippen molar-refractivity contribution < 1.29 is 14.6 Å². The third kappa shape index (κ3) is 4.24. The monoisotopic (exact) mass is 328 g/mol. The number of ether oxygens (including phenoxy) is 1. The SMILES string of the molecule is O=C(CC(C(O)N1CCCCC1)n1cccc1)Oc1ccccc1. The van der Waals surface area contributed by atoms with Crippen LogP contribution in [0.3, 0.4) is 0 Å². The van der Waals surface area contributed by atoms with Gasteiger partial charge in [0.2, 0.25) is 0 Å². The number of aliphatic hydroxyl groups is 1. The summed E-state index contributed by atoms with van der Waals surface area (Å²) in [5.41, 5.74) is 0. The lowest BCUT2D eigenvalue weighted by molar-refractivity contribution is -0.138. The predicted octanol–water partition coefficient (Wildman–Crippen LogP) is 2.83. The molecule has 0 saturated carbocycles. The predicted molar refractivity (Wildman–Crippen MR) is 91.6 cm³/mol. The van der Waals surface area contributed by atoms with Crippen molar-refractivity contribution >= 4 is 5.97 Å². The van der Waals surface area contributed by atoms with Crippen LogP contribution < -0.4 is 4.74 Å². The van der Waals surface area contributed by atoms with Gasteiger partial charge in [0.1, 0.15) is 12.0 Å². The second-order valence-electron chi connectivity index (χ2n) is 6.20. The highest BCUT2D eigenvalue weighted by Crippen LogP contribution is 2.24. The summed E-state index contributed by atoms with van der Waals surface area (Å²) in [5.74, 6) is 0.192. The average Bonchev–Trinajstić information content (AvgIpc) is 3.15. The average molecular weight is 328 g/mol. The molecule has 1 saturated heterocycles. The van der Waals surface area contributed by atoms with Gasteiger partial charge in [-0.3, -0.25) is 9.69 Å². The van der Waals surface area contributed by atoms with Gasteiger partial charge in [0.25, 0.3) is 0 Å². The van der Waals surface area contributed by atoms with Gasteiger partial charge in [-0.15, -0.1) is 0 Å². The highest BCUT2D eigenvalue weighted by molar-refractivity contribution is 5.72. The Bertz CT molecular complexity index is 621. The van der Waals surface area contributed by atoms with E-state index < -0.39 is 6.23 Å². The van der Waals surface area contributed by atoms with E-state index in [2.05, 4.69) is 4.90 Å². The summed E-state index contributed by atoms with van der Waals surface area (Å²) in [7, 11) is 0. The quantitative estimate of drug-likeness (QED) is 0.654. The number of aromatic nitrogens is 1. The number of carbonyl (C=O) groups is 1. The summed E-state index contributed by atoms with van der Waals surface area (Å²) in [6, 6.07) is 12.5. The van der Waals surface area contributed by atoms with Crippen LogP contribution in [0, 0.1) is 0 Å². The molecule has 1 aromatic heterocycles. The molecule has 3 rings (SSSR count). The minimum atomic E-state index is -0.693. The number of para-hydroxylation sites is 1. The van der Waals surface area contributed by atoms with Gasteiger partial charge in [-0.25, -0.2) is 0 Å². The summed E-state index contributed by atoms with van der Waals surface area (Å²) in [6.07, 6.45) is 6.57. The molecule has 1 aliphatic rings. The number of nitrogens with zero attached hydrogens (tertiary/aromatic N) is 2. The Morgan fingerprint density at radius 1 is 1.04 bits per heavy atom. The molecule has 1 aromatic carbocycles. The minimum absolute atomic E-state index is 0.126. The van der Waals surface area contributed by atoms with E-state index in [4.69, 9.17) is 4.74 Å². The second kappa shape index (κ2) is 8.13. The lowest BCUT2D eigenvalue weighted by Gasteiger charge is -2.36. The molecule has 24 heavy (non-hydrogen) atoms. The van der Waals surface area contributed by atoms with Gasteiger partial charge in [-0.2, -0.15) is 0 Å². The molecule has 5 heteroatoms. The number of benzene rings is 1. The normalized spacial score (nSPS) is 18.0. The third-order valence-corrected chi connectivity index (χ3v) is 4.47. The molecule has 0 amide bonds. The van der Waals surface area contributed by atoms with Crippen LogP contribution in [0.1, 0.15) is 31.7 Å². The van der Waals surface area contributed by atoms with Crippen molar-refractivity contribution in [3.05, 3.63) is 54.9 Å². The van der Waals surface area contributed by atoms with Gasteiger partial charge in [0.15, 0.2) is 0 Å². The first-order valence-electron chi connectivity index (χ1n) is 8.54. The van der Waals surface area contributed by atoms with Gasteiger partial charge in [0.05, 0.1) is 12.5 Å². The highest BCUT2D eigenvalue weighted by Gasteiger charge is 2.30. The van der Waals surface area contributed by atoms with Crippen LogP contribution in [0.5, 0.6) is 5.75 Å². The van der Waals surface area contributed by atoms with Crippen molar-refractivity contribution in [2.45, 2.75) is 38.0 Å². The van der Waals surface area contributed by atoms with Crippen LogP contribution >= 0.6 is 0 Å². The zero-order valence-corrected chi connectivity index (χ0v) is 13.8. The lowest BCUT2D eigenvalue weighted by Crippen LogP contribution is -2.45. The molecule has 1 N–H and O–H groups in total. The van der Waals surface area contributed by atoms with Crippen molar-refractivity contribution in [2.75, 3.05) is 13.1 Å². The van der Waals surface area contributed by atoms with Crippen LogP contribution in [0.2, 0.25) is 0 Å². The van der Waals surface area contributed by atoms with Gasteiger partial charge in [-0.05, 0) is 37.1 Å². The van der Waals surface area contributed by atoms with Crippen LogP contribution in [0.15, 0.2) is 54.9 Å². The smallest absolute Gasteiger partial charge is 0.313 e. The molecule has 0 aliphatic carbocycles. The van der Waals surface area contributed by atoms with Crippen molar-refractivity contribution in [3.8, 4) is 5.75 Å². The second-order valence-corrected chi connectivity index (χ2v) is 6.20. The molecule has 1 fully saturated rings. The van der Waals surface area contributed by atoms with E-state index in [1.165, 1.54) is 6.42 Å². The van der Waals surface area contributed by atoms with E-state index in [-0.39, 0.29) is 18.4 Å². The topological polar surface area (TPSA) is 54.7 Å². The molecule has 2 unspecified atom stereocenters. The van der Waals surface area contributed by atoms with Crippen molar-refractivity contribution in [1.29, 1.82) is 0 Å². The first-order chi connectivity index (χ1) is 11.7. The van der Waals surface area contributed by atoms with Gasteiger partial charge >= 0.3 is 5.97 Å². The minimum Gasteiger partial charge on any atom is -0.426 e. The number of piperidine rings is 1. The van der Waals surface area contributed by atoms with Crippen molar-refractivity contribution in [1.82, 2.24) is 9.47 Å². The Morgan fingerprint density at radius 3 is 2.38 bits per heavy atom. The molecule has 5 nitrogen and oxygen atoms in total. The summed E-state index contributed by atoms with van der Waals surface area (Å²) < 4.78 is 7.29. The molecule has 2 heterocycles. The Labute approximate surface area is 142 Å². The lowest BCUT2D eigenvalue weighted by atomic mass is 10.1. The Kier molecular flexibility index (Phi) is 5.67. The van der Waals surface area contributed by atoms with E-state index in [9.17, 15) is 9.90 Å². The summed E-state index contributed by atoms with van der Waals surface area (Å²) in [5, 5.41) is 10.8. The maximum Gasteiger partial charge on any atom is 0.313 e. The Hall–Kier alpha value is -2.11. The van der Waals surface area contributed by atoms with Crippen LogP contribution in [0.4, 0.5) is 0 Å². The molecule has 0 spiro atoms. The van der Waals surface area contributed by atoms with E-state index in [0.717, 1.165) is 25.9 Å². The largest absolute Gasteiger partial charge is 0.426 e. The third-order valence-electron chi connectivity index (χ3n) is 4.47. The zero-order chi connectivity index (χ0) is 16.8. The number of likely N-dealkylation sites (tertiary alicyclic amines) is 1. The number of carbonyl (C=O) groups excluding carboxylic acids is 1. The van der Waals surface area contributed by atoms with E-state index >= 15 is 0 Å². The van der Waals surface area contributed by atoms with Gasteiger partial charge in [0, 0.05) is 25.5 Å². The number of rotatable bonds is 6. The number of aliphatic hydroxyl groups excluding tert-OH is 1. The van der Waals surface area contributed by atoms with Crippen molar-refractivity contribution in [3.63, 3.8) is 0 Å². The standard InChI is InChI=1S/C19H24N2O3/c22-18(24-16-9-3-1-4-10-16)15-17(20-11-7-8-12-20)19(23)21-13-5-2-6-14-21/h1,3-4,7-12,17,19,23H,2,5-6,13-15H2. The maximum atomic E-state index is 12.3. The number of hydrogen-bond donors (Lipinski definition) is 1. The summed E-state index contributed by atoms with van der Waals surface area (Å²) in [6.45, 7) is 1.74. The molecular weight excluding hydrogens is 304 g/mol. The fourth-order valence-electron chi connectivity index (χ4n) is 3.19. The van der Waals surface area contributed by atoms with Gasteiger partial charge in [-0.1, -0.05) is 24.6 Å². The number of esters is 1. The van der Waals surface area contributed by atoms with Crippen LogP contribution in [0.25, 0.3) is 0 Å². The Morgan fingerprint density at radius 2 is 1.71 bits per heavy atom. The van der Waals surface area contributed by atoms with E-state index in [0.29, 0.717) is 5.75 Å². The van der Waals surface area contributed by atoms with Gasteiger partial charge < -0.3 is 14.4 Å². The van der Waals surface area contributed by atoms with E-state index in [1.54, 1.807) is 12.1 Å². The molecule has 2 atom stereocenters.